The molecule has 0 aromatic heterocycles. The van der Waals surface area contributed by atoms with Crippen molar-refractivity contribution in [2.75, 3.05) is 11.9 Å². The van der Waals surface area contributed by atoms with Crippen molar-refractivity contribution in [3.05, 3.63) is 29.8 Å². The lowest BCUT2D eigenvalue weighted by molar-refractivity contribution is -0.120. The second kappa shape index (κ2) is 7.08. The van der Waals surface area contributed by atoms with Crippen molar-refractivity contribution in [2.45, 2.75) is 45.1 Å². The van der Waals surface area contributed by atoms with Crippen LogP contribution in [-0.4, -0.2) is 24.3 Å². The van der Waals surface area contributed by atoms with E-state index in [0.29, 0.717) is 11.6 Å². The lowest BCUT2D eigenvalue weighted by Gasteiger charge is -2.22. The third-order valence-corrected chi connectivity index (χ3v) is 3.71. The van der Waals surface area contributed by atoms with Crippen LogP contribution in [0.2, 0.25) is 0 Å². The molecule has 0 spiro atoms. The van der Waals surface area contributed by atoms with E-state index in [1.807, 2.05) is 12.1 Å². The quantitative estimate of drug-likeness (QED) is 0.812. The molecule has 0 saturated heterocycles. The molecule has 0 radical (unpaired) electrons. The van der Waals surface area contributed by atoms with Gasteiger partial charge in [-0.2, -0.15) is 0 Å². The first-order valence-corrected chi connectivity index (χ1v) is 7.29. The van der Waals surface area contributed by atoms with Crippen molar-refractivity contribution in [3.63, 3.8) is 0 Å². The summed E-state index contributed by atoms with van der Waals surface area (Å²) in [6.45, 7) is 1.82. The van der Waals surface area contributed by atoms with Crippen molar-refractivity contribution in [3.8, 4) is 0 Å². The molecule has 1 aromatic carbocycles. The number of benzene rings is 1. The number of ketones is 1. The Bertz CT molecular complexity index is 462. The van der Waals surface area contributed by atoms with Crippen molar-refractivity contribution >= 4 is 17.4 Å². The Morgan fingerprint density at radius 3 is 2.35 bits per heavy atom. The Labute approximate surface area is 119 Å². The predicted molar refractivity (Wildman–Crippen MR) is 80.0 cm³/mol. The van der Waals surface area contributed by atoms with Crippen molar-refractivity contribution in [1.82, 2.24) is 5.32 Å². The van der Waals surface area contributed by atoms with Gasteiger partial charge in [0.05, 0.1) is 6.54 Å². The van der Waals surface area contributed by atoms with Crippen LogP contribution in [0.25, 0.3) is 0 Å². The number of nitrogens with one attached hydrogen (secondary N) is 2. The van der Waals surface area contributed by atoms with Crippen LogP contribution in [0.15, 0.2) is 24.3 Å². The Balaban J connectivity index is 1.76. The van der Waals surface area contributed by atoms with Gasteiger partial charge in [0.2, 0.25) is 5.91 Å². The van der Waals surface area contributed by atoms with Crippen molar-refractivity contribution in [2.24, 2.45) is 0 Å². The summed E-state index contributed by atoms with van der Waals surface area (Å²) in [7, 11) is 0. The summed E-state index contributed by atoms with van der Waals surface area (Å²) in [6.07, 6.45) is 5.90. The zero-order valence-corrected chi connectivity index (χ0v) is 11.9. The lowest BCUT2D eigenvalue weighted by Crippen LogP contribution is -2.39. The van der Waals surface area contributed by atoms with Gasteiger partial charge in [-0.15, -0.1) is 0 Å². The molecule has 0 heterocycles. The molecule has 4 nitrogen and oxygen atoms in total. The fourth-order valence-corrected chi connectivity index (χ4v) is 2.53. The number of hydrogen-bond acceptors (Lipinski definition) is 3. The van der Waals surface area contributed by atoms with Crippen LogP contribution in [0.1, 0.15) is 49.4 Å². The minimum absolute atomic E-state index is 0.0348. The van der Waals surface area contributed by atoms with Gasteiger partial charge >= 0.3 is 0 Å². The zero-order chi connectivity index (χ0) is 14.4. The summed E-state index contributed by atoms with van der Waals surface area (Å²) in [6, 6.07) is 7.53. The SMILES string of the molecule is CC(=O)c1ccc(NCC(=O)NC2CCCCC2)cc1. The van der Waals surface area contributed by atoms with Gasteiger partial charge in [-0.25, -0.2) is 0 Å². The number of Topliss-reactive ketones (excluding diaryl/α,β-unsaturated/α-hetero) is 1. The number of carbonyl (C=O) groups is 2. The highest BCUT2D eigenvalue weighted by Crippen LogP contribution is 2.17. The average Bonchev–Trinajstić information content (AvgIpc) is 2.46. The van der Waals surface area contributed by atoms with Gasteiger partial charge in [-0.1, -0.05) is 19.3 Å². The topological polar surface area (TPSA) is 58.2 Å². The first-order valence-electron chi connectivity index (χ1n) is 7.29. The van der Waals surface area contributed by atoms with E-state index in [2.05, 4.69) is 10.6 Å². The van der Waals surface area contributed by atoms with Crippen LogP contribution >= 0.6 is 0 Å². The van der Waals surface area contributed by atoms with E-state index in [1.54, 1.807) is 19.1 Å². The van der Waals surface area contributed by atoms with Gasteiger partial charge in [0.25, 0.3) is 0 Å². The van der Waals surface area contributed by atoms with Crippen LogP contribution in [0.4, 0.5) is 5.69 Å². The van der Waals surface area contributed by atoms with E-state index in [9.17, 15) is 9.59 Å². The molecule has 2 rings (SSSR count). The molecule has 2 N–H and O–H groups in total. The Hall–Kier alpha value is -1.84. The summed E-state index contributed by atoms with van der Waals surface area (Å²) < 4.78 is 0. The molecular formula is C16H22N2O2. The molecule has 4 heteroatoms. The van der Waals surface area contributed by atoms with Gasteiger partial charge in [0.15, 0.2) is 5.78 Å². The van der Waals surface area contributed by atoms with E-state index in [4.69, 9.17) is 0 Å². The highest BCUT2D eigenvalue weighted by atomic mass is 16.2. The maximum atomic E-state index is 11.8. The normalized spacial score (nSPS) is 15.7. The number of anilines is 1. The van der Waals surface area contributed by atoms with E-state index in [-0.39, 0.29) is 18.2 Å². The maximum Gasteiger partial charge on any atom is 0.239 e. The van der Waals surface area contributed by atoms with Gasteiger partial charge in [-0.05, 0) is 44.0 Å². The third kappa shape index (κ3) is 4.37. The summed E-state index contributed by atoms with van der Waals surface area (Å²) in [4.78, 5) is 23.0. The molecule has 0 atom stereocenters. The number of amides is 1. The molecule has 1 aliphatic carbocycles. The van der Waals surface area contributed by atoms with Crippen LogP contribution in [0.5, 0.6) is 0 Å². The summed E-state index contributed by atoms with van der Waals surface area (Å²) in [5, 5.41) is 6.14. The molecule has 0 unspecified atom stereocenters. The second-order valence-corrected chi connectivity index (χ2v) is 5.39. The van der Waals surface area contributed by atoms with E-state index in [0.717, 1.165) is 18.5 Å². The Morgan fingerprint density at radius 2 is 1.75 bits per heavy atom. The van der Waals surface area contributed by atoms with Gasteiger partial charge in [0, 0.05) is 17.3 Å². The van der Waals surface area contributed by atoms with Gasteiger partial charge < -0.3 is 10.6 Å². The largest absolute Gasteiger partial charge is 0.376 e. The molecule has 0 bridgehead atoms. The minimum Gasteiger partial charge on any atom is -0.376 e. The minimum atomic E-state index is 0.0348. The van der Waals surface area contributed by atoms with Gasteiger partial charge in [0.1, 0.15) is 0 Å². The summed E-state index contributed by atoms with van der Waals surface area (Å²) >= 11 is 0. The number of rotatable bonds is 5. The Kier molecular flexibility index (Phi) is 5.16. The lowest BCUT2D eigenvalue weighted by atomic mass is 9.95. The van der Waals surface area contributed by atoms with E-state index < -0.39 is 0 Å². The van der Waals surface area contributed by atoms with Crippen molar-refractivity contribution < 1.29 is 9.59 Å². The highest BCUT2D eigenvalue weighted by Gasteiger charge is 2.15. The molecule has 1 saturated carbocycles. The monoisotopic (exact) mass is 274 g/mol. The average molecular weight is 274 g/mol. The maximum absolute atomic E-state index is 11.8. The predicted octanol–water partition coefficient (Wildman–Crippen LogP) is 2.75. The molecule has 1 fully saturated rings. The molecule has 20 heavy (non-hydrogen) atoms. The number of carbonyl (C=O) groups excluding carboxylic acids is 2. The molecule has 108 valence electrons. The molecule has 0 aliphatic heterocycles. The van der Waals surface area contributed by atoms with E-state index in [1.165, 1.54) is 19.3 Å². The second-order valence-electron chi connectivity index (χ2n) is 5.39. The molecule has 1 aromatic rings. The van der Waals surface area contributed by atoms with Crippen molar-refractivity contribution in [1.29, 1.82) is 0 Å². The summed E-state index contributed by atoms with van der Waals surface area (Å²) in [5.41, 5.74) is 1.54. The first kappa shape index (κ1) is 14.6. The first-order chi connectivity index (χ1) is 9.65. The third-order valence-electron chi connectivity index (χ3n) is 3.71. The summed E-state index contributed by atoms with van der Waals surface area (Å²) in [5.74, 6) is 0.0825. The van der Waals surface area contributed by atoms with Crippen LogP contribution in [-0.2, 0) is 4.79 Å². The smallest absolute Gasteiger partial charge is 0.239 e. The Morgan fingerprint density at radius 1 is 1.10 bits per heavy atom. The fourth-order valence-electron chi connectivity index (χ4n) is 2.53. The molecule has 1 aliphatic rings. The molecular weight excluding hydrogens is 252 g/mol. The van der Waals surface area contributed by atoms with Crippen LogP contribution in [0.3, 0.4) is 0 Å². The highest BCUT2D eigenvalue weighted by molar-refractivity contribution is 5.94. The standard InChI is InChI=1S/C16H22N2O2/c1-12(19)13-7-9-14(10-8-13)17-11-16(20)18-15-5-3-2-4-6-15/h7-10,15,17H,2-6,11H2,1H3,(H,18,20). The van der Waals surface area contributed by atoms with E-state index >= 15 is 0 Å². The molecule has 1 amide bonds. The number of hydrogen-bond donors (Lipinski definition) is 2. The zero-order valence-electron chi connectivity index (χ0n) is 11.9. The van der Waals surface area contributed by atoms with Crippen LogP contribution in [0, 0.1) is 0 Å². The fraction of sp³-hybridized carbons (Fsp3) is 0.500. The van der Waals surface area contributed by atoms with Gasteiger partial charge in [-0.3, -0.25) is 9.59 Å². The van der Waals surface area contributed by atoms with Crippen LogP contribution < -0.4 is 10.6 Å².